The fourth-order valence-corrected chi connectivity index (χ4v) is 4.15. The van der Waals surface area contributed by atoms with Crippen LogP contribution in [0.2, 0.25) is 0 Å². The Hall–Kier alpha value is -0.850. The Morgan fingerprint density at radius 1 is 1.35 bits per heavy atom. The zero-order valence-corrected chi connectivity index (χ0v) is 13.2. The summed E-state index contributed by atoms with van der Waals surface area (Å²) in [5, 5.41) is 3.08. The molecule has 1 fully saturated rings. The molecule has 0 bridgehead atoms. The van der Waals surface area contributed by atoms with Crippen molar-refractivity contribution in [3.05, 3.63) is 18.0 Å². The summed E-state index contributed by atoms with van der Waals surface area (Å²) in [7, 11) is -1.51. The van der Waals surface area contributed by atoms with Crippen LogP contribution in [0.25, 0.3) is 0 Å². The van der Waals surface area contributed by atoms with E-state index in [1.165, 1.54) is 0 Å². The molecule has 1 aliphatic carbocycles. The van der Waals surface area contributed by atoms with Gasteiger partial charge in [0.1, 0.15) is 0 Å². The zero-order chi connectivity index (χ0) is 14.6. The minimum absolute atomic E-state index is 0.113. The maximum absolute atomic E-state index is 12.4. The fraction of sp³-hybridized carbons (Fsp3) is 0.714. The number of nitrogens with one attached hydrogen (secondary N) is 2. The van der Waals surface area contributed by atoms with Gasteiger partial charge in [0.25, 0.3) is 0 Å². The third-order valence-electron chi connectivity index (χ3n) is 3.77. The molecule has 0 atom stereocenters. The molecule has 2 rings (SSSR count). The van der Waals surface area contributed by atoms with E-state index < -0.39 is 10.0 Å². The molecule has 0 radical (unpaired) electrons. The molecule has 0 unspecified atom stereocenters. The molecule has 0 spiro atoms. The number of hydrogen-bond donors (Lipinski definition) is 2. The second-order valence-electron chi connectivity index (χ2n) is 5.49. The summed E-state index contributed by atoms with van der Waals surface area (Å²) in [5.41, 5.74) is 1.01. The van der Waals surface area contributed by atoms with Crippen LogP contribution in [0.4, 0.5) is 0 Å². The first kappa shape index (κ1) is 15.5. The highest BCUT2D eigenvalue weighted by atomic mass is 32.2. The van der Waals surface area contributed by atoms with E-state index in [9.17, 15) is 8.42 Å². The Morgan fingerprint density at radius 3 is 2.65 bits per heavy atom. The van der Waals surface area contributed by atoms with Crippen LogP contribution in [0.5, 0.6) is 0 Å². The van der Waals surface area contributed by atoms with Crippen molar-refractivity contribution in [3.8, 4) is 0 Å². The van der Waals surface area contributed by atoms with Crippen molar-refractivity contribution in [2.45, 2.75) is 63.1 Å². The number of hydrogen-bond acceptors (Lipinski definition) is 3. The van der Waals surface area contributed by atoms with Crippen molar-refractivity contribution in [1.82, 2.24) is 14.6 Å². The molecule has 0 saturated heterocycles. The zero-order valence-electron chi connectivity index (χ0n) is 12.4. The molecule has 0 amide bonds. The first-order chi connectivity index (χ1) is 9.56. The van der Waals surface area contributed by atoms with Crippen molar-refractivity contribution in [3.63, 3.8) is 0 Å². The number of nitrogens with zero attached hydrogens (tertiary/aromatic N) is 1. The summed E-state index contributed by atoms with van der Waals surface area (Å²) in [4.78, 5) is 0.392. The van der Waals surface area contributed by atoms with Crippen molar-refractivity contribution < 1.29 is 8.42 Å². The fourth-order valence-electron chi connectivity index (χ4n) is 2.78. The Balaban J connectivity index is 2.19. The molecule has 1 heterocycles. The van der Waals surface area contributed by atoms with Gasteiger partial charge in [-0.15, -0.1) is 0 Å². The van der Waals surface area contributed by atoms with E-state index in [4.69, 9.17) is 0 Å². The molecule has 114 valence electrons. The van der Waals surface area contributed by atoms with E-state index in [1.54, 1.807) is 12.3 Å². The highest BCUT2D eigenvalue weighted by Crippen LogP contribution is 2.21. The second kappa shape index (κ2) is 6.74. The molecule has 1 aromatic rings. The Bertz CT molecular complexity index is 507. The highest BCUT2D eigenvalue weighted by Gasteiger charge is 2.24. The predicted octanol–water partition coefficient (Wildman–Crippen LogP) is 1.84. The van der Waals surface area contributed by atoms with Gasteiger partial charge in [0.05, 0.1) is 4.90 Å². The molecule has 6 heteroatoms. The van der Waals surface area contributed by atoms with Crippen LogP contribution in [0.3, 0.4) is 0 Å². The van der Waals surface area contributed by atoms with Crippen molar-refractivity contribution in [2.75, 3.05) is 7.05 Å². The topological polar surface area (TPSA) is 63.1 Å². The summed E-state index contributed by atoms with van der Waals surface area (Å²) in [6, 6.07) is 1.89. The molecule has 0 aromatic carbocycles. The van der Waals surface area contributed by atoms with Crippen LogP contribution in [-0.4, -0.2) is 26.1 Å². The summed E-state index contributed by atoms with van der Waals surface area (Å²) in [5.74, 6) is 0. The molecule has 0 aliphatic heterocycles. The third kappa shape index (κ3) is 3.62. The lowest BCUT2D eigenvalue weighted by Gasteiger charge is -2.11. The van der Waals surface area contributed by atoms with Crippen LogP contribution in [0.15, 0.2) is 17.2 Å². The largest absolute Gasteiger partial charge is 0.349 e. The van der Waals surface area contributed by atoms with E-state index in [0.29, 0.717) is 11.4 Å². The standard InChI is InChI=1S/C14H25N3O2S/c1-3-8-17-11-14(9-13(17)10-15-2)20(18,19)16-12-6-4-5-7-12/h9,11-12,15-16H,3-8,10H2,1-2H3. The van der Waals surface area contributed by atoms with Gasteiger partial charge >= 0.3 is 0 Å². The van der Waals surface area contributed by atoms with Crippen LogP contribution < -0.4 is 10.0 Å². The molecule has 20 heavy (non-hydrogen) atoms. The van der Waals surface area contributed by atoms with Gasteiger partial charge in [-0.2, -0.15) is 0 Å². The third-order valence-corrected chi connectivity index (χ3v) is 5.26. The molecule has 2 N–H and O–H groups in total. The lowest BCUT2D eigenvalue weighted by molar-refractivity contribution is 0.551. The molecular weight excluding hydrogens is 274 g/mol. The summed E-state index contributed by atoms with van der Waals surface area (Å²) >= 11 is 0. The van der Waals surface area contributed by atoms with Crippen molar-refractivity contribution >= 4 is 10.0 Å². The Labute approximate surface area is 121 Å². The van der Waals surface area contributed by atoms with Gasteiger partial charge < -0.3 is 9.88 Å². The van der Waals surface area contributed by atoms with E-state index in [2.05, 4.69) is 17.0 Å². The smallest absolute Gasteiger partial charge is 0.242 e. The van der Waals surface area contributed by atoms with Crippen LogP contribution in [0, 0.1) is 0 Å². The summed E-state index contributed by atoms with van der Waals surface area (Å²) in [6.07, 6.45) is 6.90. The normalized spacial score (nSPS) is 16.9. The van der Waals surface area contributed by atoms with Gasteiger partial charge in [0, 0.05) is 31.0 Å². The van der Waals surface area contributed by atoms with Gasteiger partial charge in [-0.1, -0.05) is 19.8 Å². The number of sulfonamides is 1. The van der Waals surface area contributed by atoms with E-state index >= 15 is 0 Å². The van der Waals surface area contributed by atoms with Gasteiger partial charge in [0.2, 0.25) is 10.0 Å². The lowest BCUT2D eigenvalue weighted by atomic mass is 10.3. The first-order valence-electron chi connectivity index (χ1n) is 7.43. The minimum atomic E-state index is -3.38. The summed E-state index contributed by atoms with van der Waals surface area (Å²) in [6.45, 7) is 3.61. The monoisotopic (exact) mass is 299 g/mol. The predicted molar refractivity (Wildman–Crippen MR) is 80.1 cm³/mol. The van der Waals surface area contributed by atoms with Crippen molar-refractivity contribution in [1.29, 1.82) is 0 Å². The SMILES string of the molecule is CCCn1cc(S(=O)(=O)NC2CCCC2)cc1CNC. The molecule has 1 aliphatic rings. The molecule has 1 saturated carbocycles. The van der Waals surface area contributed by atoms with E-state index in [0.717, 1.165) is 44.3 Å². The number of aryl methyl sites for hydroxylation is 1. The number of rotatable bonds is 7. The maximum atomic E-state index is 12.4. The van der Waals surface area contributed by atoms with Crippen molar-refractivity contribution in [2.24, 2.45) is 0 Å². The van der Waals surface area contributed by atoms with Gasteiger partial charge in [0.15, 0.2) is 0 Å². The van der Waals surface area contributed by atoms with E-state index in [-0.39, 0.29) is 6.04 Å². The van der Waals surface area contributed by atoms with Gasteiger partial charge in [-0.05, 0) is 32.4 Å². The molecule has 1 aromatic heterocycles. The highest BCUT2D eigenvalue weighted by molar-refractivity contribution is 7.89. The second-order valence-corrected chi connectivity index (χ2v) is 7.21. The average molecular weight is 299 g/mol. The van der Waals surface area contributed by atoms with E-state index in [1.807, 2.05) is 11.6 Å². The number of aromatic nitrogens is 1. The molecule has 5 nitrogen and oxygen atoms in total. The van der Waals surface area contributed by atoms with Crippen LogP contribution in [0.1, 0.15) is 44.7 Å². The van der Waals surface area contributed by atoms with Crippen LogP contribution in [-0.2, 0) is 23.1 Å². The summed E-state index contributed by atoms with van der Waals surface area (Å²) < 4.78 is 29.7. The van der Waals surface area contributed by atoms with Gasteiger partial charge in [-0.3, -0.25) is 0 Å². The lowest BCUT2D eigenvalue weighted by Crippen LogP contribution is -2.32. The Morgan fingerprint density at radius 2 is 2.05 bits per heavy atom. The van der Waals surface area contributed by atoms with Gasteiger partial charge in [-0.25, -0.2) is 13.1 Å². The Kier molecular flexibility index (Phi) is 5.23. The first-order valence-corrected chi connectivity index (χ1v) is 8.91. The quantitative estimate of drug-likeness (QED) is 0.807. The average Bonchev–Trinajstić information content (AvgIpc) is 3.01. The maximum Gasteiger partial charge on any atom is 0.242 e. The molecular formula is C14H25N3O2S. The van der Waals surface area contributed by atoms with Crippen LogP contribution >= 0.6 is 0 Å². The minimum Gasteiger partial charge on any atom is -0.349 e.